The SMILES string of the molecule is O=C(Nc1cc2ocnc2cc1F)c1ccccc1. The first-order valence-corrected chi connectivity index (χ1v) is 5.63. The molecule has 3 rings (SSSR count). The minimum atomic E-state index is -0.550. The maximum Gasteiger partial charge on any atom is 0.255 e. The molecule has 4 nitrogen and oxygen atoms in total. The fourth-order valence-electron chi connectivity index (χ4n) is 1.76. The predicted octanol–water partition coefficient (Wildman–Crippen LogP) is 3.22. The van der Waals surface area contributed by atoms with E-state index >= 15 is 0 Å². The number of fused-ring (bicyclic) bond motifs is 1. The Morgan fingerprint density at radius 3 is 2.79 bits per heavy atom. The zero-order valence-electron chi connectivity index (χ0n) is 9.76. The minimum Gasteiger partial charge on any atom is -0.443 e. The van der Waals surface area contributed by atoms with Gasteiger partial charge in [0.15, 0.2) is 12.0 Å². The lowest BCUT2D eigenvalue weighted by molar-refractivity contribution is 0.102. The second-order valence-electron chi connectivity index (χ2n) is 3.97. The zero-order valence-corrected chi connectivity index (χ0v) is 9.76. The van der Waals surface area contributed by atoms with E-state index in [1.807, 2.05) is 0 Å². The van der Waals surface area contributed by atoms with Crippen LogP contribution in [0.5, 0.6) is 0 Å². The van der Waals surface area contributed by atoms with Crippen LogP contribution in [-0.2, 0) is 0 Å². The topological polar surface area (TPSA) is 55.1 Å². The summed E-state index contributed by atoms with van der Waals surface area (Å²) in [5.74, 6) is -0.927. The average Bonchev–Trinajstić information content (AvgIpc) is 2.87. The van der Waals surface area contributed by atoms with Gasteiger partial charge >= 0.3 is 0 Å². The predicted molar refractivity (Wildman–Crippen MR) is 68.4 cm³/mol. The van der Waals surface area contributed by atoms with Gasteiger partial charge in [-0.15, -0.1) is 0 Å². The van der Waals surface area contributed by atoms with E-state index in [2.05, 4.69) is 10.3 Å². The molecule has 0 saturated carbocycles. The van der Waals surface area contributed by atoms with Gasteiger partial charge in [0.25, 0.3) is 5.91 Å². The smallest absolute Gasteiger partial charge is 0.255 e. The standard InChI is InChI=1S/C14H9FN2O2/c15-10-6-12-13(19-8-16-12)7-11(10)17-14(18)9-4-2-1-3-5-9/h1-8H,(H,17,18). The van der Waals surface area contributed by atoms with E-state index in [0.717, 1.165) is 0 Å². The first kappa shape index (κ1) is 11.4. The highest BCUT2D eigenvalue weighted by Gasteiger charge is 2.11. The van der Waals surface area contributed by atoms with Crippen LogP contribution >= 0.6 is 0 Å². The molecule has 2 aromatic carbocycles. The van der Waals surface area contributed by atoms with Crippen LogP contribution in [0, 0.1) is 5.82 Å². The molecule has 1 amide bonds. The Morgan fingerprint density at radius 2 is 2.00 bits per heavy atom. The van der Waals surface area contributed by atoms with E-state index in [-0.39, 0.29) is 11.6 Å². The molecule has 0 fully saturated rings. The van der Waals surface area contributed by atoms with Gasteiger partial charge in [0.2, 0.25) is 0 Å². The molecule has 0 spiro atoms. The van der Waals surface area contributed by atoms with Gasteiger partial charge in [-0.25, -0.2) is 9.37 Å². The van der Waals surface area contributed by atoms with Gasteiger partial charge in [-0.3, -0.25) is 4.79 Å². The monoisotopic (exact) mass is 256 g/mol. The summed E-state index contributed by atoms with van der Waals surface area (Å²) in [6.45, 7) is 0. The number of nitrogens with one attached hydrogen (secondary N) is 1. The number of rotatable bonds is 2. The van der Waals surface area contributed by atoms with Crippen LogP contribution in [-0.4, -0.2) is 10.9 Å². The number of hydrogen-bond acceptors (Lipinski definition) is 3. The fraction of sp³-hybridized carbons (Fsp3) is 0. The molecule has 5 heteroatoms. The van der Waals surface area contributed by atoms with E-state index in [1.54, 1.807) is 30.3 Å². The normalized spacial score (nSPS) is 10.6. The van der Waals surface area contributed by atoms with Crippen molar-refractivity contribution in [3.8, 4) is 0 Å². The Labute approximate surface area is 107 Å². The summed E-state index contributed by atoms with van der Waals surface area (Å²) in [5, 5.41) is 2.51. The van der Waals surface area contributed by atoms with Crippen LogP contribution in [0.2, 0.25) is 0 Å². The molecule has 1 aromatic heterocycles. The summed E-state index contributed by atoms with van der Waals surface area (Å²) in [6, 6.07) is 11.2. The molecule has 0 saturated heterocycles. The molecule has 0 aliphatic heterocycles. The molecular formula is C14H9FN2O2. The van der Waals surface area contributed by atoms with Crippen LogP contribution in [0.15, 0.2) is 53.3 Å². The van der Waals surface area contributed by atoms with Gasteiger partial charge in [0.05, 0.1) is 5.69 Å². The summed E-state index contributed by atoms with van der Waals surface area (Å²) >= 11 is 0. The van der Waals surface area contributed by atoms with Crippen molar-refractivity contribution in [1.82, 2.24) is 4.98 Å². The van der Waals surface area contributed by atoms with Gasteiger partial charge in [-0.2, -0.15) is 0 Å². The Bertz CT molecular complexity index is 738. The fourth-order valence-corrected chi connectivity index (χ4v) is 1.76. The van der Waals surface area contributed by atoms with Crippen LogP contribution in [0.4, 0.5) is 10.1 Å². The highest BCUT2D eigenvalue weighted by atomic mass is 19.1. The molecule has 1 N–H and O–H groups in total. The first-order chi connectivity index (χ1) is 9.24. The summed E-state index contributed by atoms with van der Waals surface area (Å²) in [7, 11) is 0. The number of carbonyl (C=O) groups excluding carboxylic acids is 1. The third-order valence-corrected chi connectivity index (χ3v) is 2.70. The van der Waals surface area contributed by atoms with Crippen LogP contribution in [0.25, 0.3) is 11.1 Å². The van der Waals surface area contributed by atoms with Crippen molar-refractivity contribution in [2.24, 2.45) is 0 Å². The van der Waals surface area contributed by atoms with E-state index in [9.17, 15) is 9.18 Å². The van der Waals surface area contributed by atoms with Gasteiger partial charge in [0, 0.05) is 17.7 Å². The molecule has 3 aromatic rings. The van der Waals surface area contributed by atoms with Crippen molar-refractivity contribution in [2.75, 3.05) is 5.32 Å². The van der Waals surface area contributed by atoms with Gasteiger partial charge in [-0.1, -0.05) is 18.2 Å². The van der Waals surface area contributed by atoms with Gasteiger partial charge in [-0.05, 0) is 12.1 Å². The van der Waals surface area contributed by atoms with Crippen LogP contribution < -0.4 is 5.32 Å². The van der Waals surface area contributed by atoms with Crippen molar-refractivity contribution in [3.63, 3.8) is 0 Å². The molecule has 19 heavy (non-hydrogen) atoms. The molecule has 94 valence electrons. The molecule has 1 heterocycles. The zero-order chi connectivity index (χ0) is 13.2. The third kappa shape index (κ3) is 2.18. The van der Waals surface area contributed by atoms with Crippen LogP contribution in [0.3, 0.4) is 0 Å². The molecule has 0 aliphatic carbocycles. The van der Waals surface area contributed by atoms with Crippen LogP contribution in [0.1, 0.15) is 10.4 Å². The highest BCUT2D eigenvalue weighted by molar-refractivity contribution is 6.04. The number of halogens is 1. The Morgan fingerprint density at radius 1 is 1.21 bits per heavy atom. The van der Waals surface area contributed by atoms with E-state index in [1.165, 1.54) is 18.5 Å². The maximum atomic E-state index is 13.8. The lowest BCUT2D eigenvalue weighted by Gasteiger charge is -2.06. The maximum absolute atomic E-state index is 13.8. The highest BCUT2D eigenvalue weighted by Crippen LogP contribution is 2.22. The van der Waals surface area contributed by atoms with E-state index in [0.29, 0.717) is 16.7 Å². The lowest BCUT2D eigenvalue weighted by atomic mass is 10.2. The summed E-state index contributed by atoms with van der Waals surface area (Å²) < 4.78 is 18.8. The van der Waals surface area contributed by atoms with Gasteiger partial charge in [0.1, 0.15) is 11.3 Å². The second-order valence-corrected chi connectivity index (χ2v) is 3.97. The lowest BCUT2D eigenvalue weighted by Crippen LogP contribution is -2.12. The molecule has 0 bridgehead atoms. The molecular weight excluding hydrogens is 247 g/mol. The molecule has 0 atom stereocenters. The number of aromatic nitrogens is 1. The molecule has 0 radical (unpaired) electrons. The quantitative estimate of drug-likeness (QED) is 0.765. The summed E-state index contributed by atoms with van der Waals surface area (Å²) in [5.41, 5.74) is 1.36. The van der Waals surface area contributed by atoms with Crippen molar-refractivity contribution < 1.29 is 13.6 Å². The Hall–Kier alpha value is -2.69. The first-order valence-electron chi connectivity index (χ1n) is 5.63. The van der Waals surface area contributed by atoms with E-state index in [4.69, 9.17) is 4.42 Å². The minimum absolute atomic E-state index is 0.0677. The Kier molecular flexibility index (Phi) is 2.72. The number of carbonyl (C=O) groups is 1. The second kappa shape index (κ2) is 4.53. The number of hydrogen-bond donors (Lipinski definition) is 1. The molecule has 0 aliphatic rings. The van der Waals surface area contributed by atoms with E-state index < -0.39 is 5.82 Å². The number of nitrogens with zero attached hydrogens (tertiary/aromatic N) is 1. The number of oxazole rings is 1. The van der Waals surface area contributed by atoms with Crippen molar-refractivity contribution in [3.05, 3.63) is 60.2 Å². The average molecular weight is 256 g/mol. The summed E-state index contributed by atoms with van der Waals surface area (Å²) in [6.07, 6.45) is 1.23. The largest absolute Gasteiger partial charge is 0.443 e. The third-order valence-electron chi connectivity index (χ3n) is 2.70. The van der Waals surface area contributed by atoms with Crippen molar-refractivity contribution in [2.45, 2.75) is 0 Å². The summed E-state index contributed by atoms with van der Waals surface area (Å²) in [4.78, 5) is 15.8. The van der Waals surface area contributed by atoms with Crippen molar-refractivity contribution >= 4 is 22.7 Å². The van der Waals surface area contributed by atoms with Gasteiger partial charge < -0.3 is 9.73 Å². The Balaban J connectivity index is 1.92. The molecule has 0 unspecified atom stereocenters. The number of anilines is 1. The van der Waals surface area contributed by atoms with Crippen molar-refractivity contribution in [1.29, 1.82) is 0 Å². The number of benzene rings is 2. The number of amides is 1.